The van der Waals surface area contributed by atoms with Crippen molar-refractivity contribution in [1.82, 2.24) is 14.9 Å². The molecule has 1 atom stereocenters. The number of aromatic nitrogens is 2. The molecule has 2 heterocycles. The smallest absolute Gasteiger partial charge is 0.225 e. The molecule has 17 heavy (non-hydrogen) atoms. The lowest BCUT2D eigenvalue weighted by Crippen LogP contribution is -2.49. The normalized spacial score (nSPS) is 19.3. The molecule has 1 saturated heterocycles. The second-order valence-corrected chi connectivity index (χ2v) is 4.23. The molecule has 1 fully saturated rings. The van der Waals surface area contributed by atoms with Gasteiger partial charge in [0.05, 0.1) is 6.10 Å². The zero-order chi connectivity index (χ0) is 12.1. The minimum absolute atomic E-state index is 0.321. The average Bonchev–Trinajstić information content (AvgIpc) is 2.40. The highest BCUT2D eigenvalue weighted by Gasteiger charge is 2.19. The van der Waals surface area contributed by atoms with Crippen molar-refractivity contribution in [2.45, 2.75) is 6.10 Å². The van der Waals surface area contributed by atoms with E-state index in [0.717, 1.165) is 32.1 Å². The van der Waals surface area contributed by atoms with Gasteiger partial charge in [-0.2, -0.15) is 0 Å². The van der Waals surface area contributed by atoms with Gasteiger partial charge in [-0.1, -0.05) is 0 Å². The molecule has 0 radical (unpaired) electrons. The van der Waals surface area contributed by atoms with Gasteiger partial charge in [0.25, 0.3) is 0 Å². The first-order valence-corrected chi connectivity index (χ1v) is 5.92. The number of hydrogen-bond donors (Lipinski definition) is 2. The Morgan fingerprint density at radius 1 is 1.24 bits per heavy atom. The Bertz CT molecular complexity index is 326. The van der Waals surface area contributed by atoms with Gasteiger partial charge in [0.2, 0.25) is 5.95 Å². The van der Waals surface area contributed by atoms with Gasteiger partial charge in [-0.15, -0.1) is 0 Å². The minimum atomic E-state index is -0.422. The Morgan fingerprint density at radius 3 is 2.47 bits per heavy atom. The number of β-amino-alcohol motifs (C(OH)–C–C–N with tert-alkyl or cyclic N) is 1. The molecule has 6 nitrogen and oxygen atoms in total. The molecule has 0 amide bonds. The van der Waals surface area contributed by atoms with Crippen LogP contribution in [0.3, 0.4) is 0 Å². The van der Waals surface area contributed by atoms with E-state index < -0.39 is 6.10 Å². The van der Waals surface area contributed by atoms with Crippen molar-refractivity contribution in [1.29, 1.82) is 0 Å². The summed E-state index contributed by atoms with van der Waals surface area (Å²) in [6, 6.07) is 1.82. The van der Waals surface area contributed by atoms with Crippen molar-refractivity contribution < 1.29 is 5.11 Å². The molecule has 0 bridgehead atoms. The predicted octanol–water partition coefficient (Wildman–Crippen LogP) is -1.08. The highest BCUT2D eigenvalue weighted by atomic mass is 16.3. The van der Waals surface area contributed by atoms with Crippen LogP contribution in [0.15, 0.2) is 18.5 Å². The number of aliphatic hydroxyl groups excluding tert-OH is 1. The molecule has 3 N–H and O–H groups in total. The largest absolute Gasteiger partial charge is 0.390 e. The molecule has 0 aliphatic carbocycles. The van der Waals surface area contributed by atoms with Crippen LogP contribution in [0.25, 0.3) is 0 Å². The van der Waals surface area contributed by atoms with Crippen LogP contribution in [0, 0.1) is 0 Å². The molecular formula is C11H19N5O. The Labute approximate surface area is 101 Å². The summed E-state index contributed by atoms with van der Waals surface area (Å²) < 4.78 is 0. The van der Waals surface area contributed by atoms with Gasteiger partial charge in [-0.05, 0) is 6.07 Å². The van der Waals surface area contributed by atoms with E-state index in [2.05, 4.69) is 19.8 Å². The van der Waals surface area contributed by atoms with Crippen LogP contribution >= 0.6 is 0 Å². The first-order valence-electron chi connectivity index (χ1n) is 5.92. The SMILES string of the molecule is NCC(O)CN1CCN(c2ncccn2)CC1. The van der Waals surface area contributed by atoms with E-state index in [1.807, 2.05) is 6.07 Å². The van der Waals surface area contributed by atoms with Crippen LogP contribution < -0.4 is 10.6 Å². The van der Waals surface area contributed by atoms with Crippen LogP contribution in [0.5, 0.6) is 0 Å². The maximum absolute atomic E-state index is 9.49. The molecule has 0 aromatic carbocycles. The Kier molecular flexibility index (Phi) is 4.24. The van der Waals surface area contributed by atoms with E-state index in [0.29, 0.717) is 13.1 Å². The first-order chi connectivity index (χ1) is 8.29. The molecule has 2 rings (SSSR count). The zero-order valence-electron chi connectivity index (χ0n) is 9.87. The van der Waals surface area contributed by atoms with Crippen molar-refractivity contribution in [3.8, 4) is 0 Å². The van der Waals surface area contributed by atoms with E-state index in [9.17, 15) is 5.11 Å². The number of hydrogen-bond acceptors (Lipinski definition) is 6. The molecule has 1 aliphatic rings. The first kappa shape index (κ1) is 12.2. The summed E-state index contributed by atoms with van der Waals surface area (Å²) in [4.78, 5) is 12.8. The topological polar surface area (TPSA) is 78.5 Å². The summed E-state index contributed by atoms with van der Waals surface area (Å²) in [5.74, 6) is 0.784. The summed E-state index contributed by atoms with van der Waals surface area (Å²) in [5, 5.41) is 9.49. The van der Waals surface area contributed by atoms with Gasteiger partial charge in [0.15, 0.2) is 0 Å². The van der Waals surface area contributed by atoms with Crippen LogP contribution in [0.4, 0.5) is 5.95 Å². The van der Waals surface area contributed by atoms with Crippen LogP contribution in [0.2, 0.25) is 0 Å². The molecule has 0 saturated carbocycles. The third-order valence-corrected chi connectivity index (χ3v) is 2.95. The monoisotopic (exact) mass is 237 g/mol. The van der Waals surface area contributed by atoms with Gasteiger partial charge in [-0.3, -0.25) is 4.90 Å². The van der Waals surface area contributed by atoms with Gasteiger partial charge < -0.3 is 15.7 Å². The molecule has 1 aromatic heterocycles. The lowest BCUT2D eigenvalue weighted by Gasteiger charge is -2.35. The summed E-state index contributed by atoms with van der Waals surface area (Å²) in [6.45, 7) is 4.58. The fraction of sp³-hybridized carbons (Fsp3) is 0.636. The molecular weight excluding hydrogens is 218 g/mol. The predicted molar refractivity (Wildman–Crippen MR) is 65.7 cm³/mol. The number of anilines is 1. The maximum atomic E-state index is 9.49. The van der Waals surface area contributed by atoms with E-state index in [1.165, 1.54) is 0 Å². The second kappa shape index (κ2) is 5.90. The minimum Gasteiger partial charge on any atom is -0.390 e. The van der Waals surface area contributed by atoms with Crippen LogP contribution in [-0.4, -0.2) is 65.3 Å². The Balaban J connectivity index is 1.82. The van der Waals surface area contributed by atoms with Crippen LogP contribution in [0.1, 0.15) is 0 Å². The highest BCUT2D eigenvalue weighted by Crippen LogP contribution is 2.09. The van der Waals surface area contributed by atoms with E-state index in [4.69, 9.17) is 5.73 Å². The Hall–Kier alpha value is -1.24. The third-order valence-electron chi connectivity index (χ3n) is 2.95. The molecule has 1 aromatic rings. The zero-order valence-corrected chi connectivity index (χ0v) is 9.87. The molecule has 0 spiro atoms. The number of nitrogens with zero attached hydrogens (tertiary/aromatic N) is 4. The highest BCUT2D eigenvalue weighted by molar-refractivity contribution is 5.29. The summed E-state index contributed by atoms with van der Waals surface area (Å²) in [7, 11) is 0. The lowest BCUT2D eigenvalue weighted by molar-refractivity contribution is 0.115. The number of piperazine rings is 1. The van der Waals surface area contributed by atoms with Crippen molar-refractivity contribution in [3.05, 3.63) is 18.5 Å². The lowest BCUT2D eigenvalue weighted by atomic mass is 10.2. The van der Waals surface area contributed by atoms with Gasteiger partial charge in [0, 0.05) is 51.7 Å². The fourth-order valence-electron chi connectivity index (χ4n) is 1.96. The van der Waals surface area contributed by atoms with Gasteiger partial charge >= 0.3 is 0 Å². The molecule has 94 valence electrons. The molecule has 1 aliphatic heterocycles. The number of rotatable bonds is 4. The summed E-state index contributed by atoms with van der Waals surface area (Å²) in [6.07, 6.45) is 3.09. The van der Waals surface area contributed by atoms with Gasteiger partial charge in [0.1, 0.15) is 0 Å². The fourth-order valence-corrected chi connectivity index (χ4v) is 1.96. The summed E-state index contributed by atoms with van der Waals surface area (Å²) in [5.41, 5.74) is 5.40. The van der Waals surface area contributed by atoms with Crippen molar-refractivity contribution >= 4 is 5.95 Å². The number of nitrogens with two attached hydrogens (primary N) is 1. The Morgan fingerprint density at radius 2 is 1.88 bits per heavy atom. The van der Waals surface area contributed by atoms with E-state index in [-0.39, 0.29) is 0 Å². The average molecular weight is 237 g/mol. The third kappa shape index (κ3) is 3.36. The van der Waals surface area contributed by atoms with E-state index >= 15 is 0 Å². The summed E-state index contributed by atoms with van der Waals surface area (Å²) >= 11 is 0. The quantitative estimate of drug-likeness (QED) is 0.693. The van der Waals surface area contributed by atoms with E-state index in [1.54, 1.807) is 12.4 Å². The van der Waals surface area contributed by atoms with Crippen molar-refractivity contribution in [2.75, 3.05) is 44.2 Å². The molecule has 6 heteroatoms. The van der Waals surface area contributed by atoms with Crippen molar-refractivity contribution in [2.24, 2.45) is 5.73 Å². The maximum Gasteiger partial charge on any atom is 0.225 e. The standard InChI is InChI=1S/C11H19N5O/c12-8-10(17)9-15-4-6-16(7-5-15)11-13-2-1-3-14-11/h1-3,10,17H,4-9,12H2. The van der Waals surface area contributed by atoms with Crippen LogP contribution in [-0.2, 0) is 0 Å². The van der Waals surface area contributed by atoms with Gasteiger partial charge in [-0.25, -0.2) is 9.97 Å². The van der Waals surface area contributed by atoms with Crippen molar-refractivity contribution in [3.63, 3.8) is 0 Å². The second-order valence-electron chi connectivity index (χ2n) is 4.23. The molecule has 1 unspecified atom stereocenters. The number of aliphatic hydroxyl groups is 1.